The Morgan fingerprint density at radius 2 is 2.05 bits per heavy atom. The van der Waals surface area contributed by atoms with Crippen LogP contribution in [0.25, 0.3) is 11.0 Å². The van der Waals surface area contributed by atoms with Gasteiger partial charge in [-0.25, -0.2) is 4.98 Å². The van der Waals surface area contributed by atoms with E-state index in [2.05, 4.69) is 39.9 Å². The van der Waals surface area contributed by atoms with Gasteiger partial charge in [-0.3, -0.25) is 4.68 Å². The number of benzene rings is 1. The normalized spacial score (nSPS) is 11.4. The second-order valence-electron chi connectivity index (χ2n) is 5.15. The van der Waals surface area contributed by atoms with Crippen molar-refractivity contribution in [2.75, 3.05) is 0 Å². The van der Waals surface area contributed by atoms with Gasteiger partial charge in [-0.2, -0.15) is 5.10 Å². The highest BCUT2D eigenvalue weighted by atomic mass is 35.5. The quantitative estimate of drug-likeness (QED) is 0.694. The number of aromatic nitrogens is 4. The summed E-state index contributed by atoms with van der Waals surface area (Å²) in [6.07, 6.45) is 2.05. The van der Waals surface area contributed by atoms with Crippen LogP contribution in [0.3, 0.4) is 0 Å². The van der Waals surface area contributed by atoms with Crippen molar-refractivity contribution in [1.82, 2.24) is 19.3 Å². The first-order valence-corrected chi connectivity index (χ1v) is 7.13. The lowest BCUT2D eigenvalue weighted by Gasteiger charge is -2.07. The fourth-order valence-corrected chi connectivity index (χ4v) is 2.74. The van der Waals surface area contributed by atoms with Gasteiger partial charge in [0.1, 0.15) is 5.82 Å². The van der Waals surface area contributed by atoms with Crippen molar-refractivity contribution < 1.29 is 0 Å². The van der Waals surface area contributed by atoms with Crippen molar-refractivity contribution >= 4 is 22.6 Å². The molecule has 0 atom stereocenters. The summed E-state index contributed by atoms with van der Waals surface area (Å²) >= 11 is 6.05. The summed E-state index contributed by atoms with van der Waals surface area (Å²) in [6.45, 7) is 4.87. The van der Waals surface area contributed by atoms with Crippen molar-refractivity contribution in [1.29, 1.82) is 0 Å². The highest BCUT2D eigenvalue weighted by Gasteiger charge is 2.12. The van der Waals surface area contributed by atoms with Gasteiger partial charge in [0.25, 0.3) is 0 Å². The Balaban J connectivity index is 2.13. The lowest BCUT2D eigenvalue weighted by molar-refractivity contribution is 0.754. The zero-order chi connectivity index (χ0) is 14.3. The first-order chi connectivity index (χ1) is 9.58. The molecule has 0 N–H and O–H groups in total. The Morgan fingerprint density at radius 3 is 2.70 bits per heavy atom. The van der Waals surface area contributed by atoms with E-state index in [9.17, 15) is 0 Å². The van der Waals surface area contributed by atoms with Gasteiger partial charge in [0.05, 0.1) is 29.2 Å². The van der Waals surface area contributed by atoms with E-state index in [1.807, 2.05) is 24.7 Å². The van der Waals surface area contributed by atoms with Gasteiger partial charge < -0.3 is 4.57 Å². The molecule has 4 nitrogen and oxygen atoms in total. The maximum Gasteiger partial charge on any atom is 0.125 e. The summed E-state index contributed by atoms with van der Waals surface area (Å²) in [4.78, 5) is 4.61. The molecule has 0 amide bonds. The number of aryl methyl sites for hydroxylation is 3. The first-order valence-electron chi connectivity index (χ1n) is 6.59. The second kappa shape index (κ2) is 4.94. The van der Waals surface area contributed by atoms with Gasteiger partial charge in [-0.05, 0) is 31.5 Å². The van der Waals surface area contributed by atoms with Crippen molar-refractivity contribution in [3.8, 4) is 0 Å². The van der Waals surface area contributed by atoms with Crippen LogP contribution in [-0.4, -0.2) is 19.3 Å². The minimum absolute atomic E-state index is 0.410. The molecule has 5 heteroatoms. The van der Waals surface area contributed by atoms with Crippen LogP contribution in [0.15, 0.2) is 24.4 Å². The molecule has 3 aromatic rings. The van der Waals surface area contributed by atoms with E-state index in [0.29, 0.717) is 5.88 Å². The molecule has 0 aliphatic carbocycles. The van der Waals surface area contributed by atoms with Crippen LogP contribution in [0, 0.1) is 13.8 Å². The average molecular weight is 289 g/mol. The van der Waals surface area contributed by atoms with E-state index in [0.717, 1.165) is 29.1 Å². The van der Waals surface area contributed by atoms with E-state index in [1.165, 1.54) is 11.1 Å². The van der Waals surface area contributed by atoms with Crippen LogP contribution in [-0.2, 0) is 19.5 Å². The van der Waals surface area contributed by atoms with Crippen molar-refractivity contribution in [3.05, 3.63) is 47.0 Å². The standard InChI is InChI=1S/C15H17ClN4/c1-10-4-5-13-14(6-10)20(15(7-16)17-13)9-12-8-19(3)18-11(12)2/h4-6,8H,7,9H2,1-3H3. The molecule has 20 heavy (non-hydrogen) atoms. The van der Waals surface area contributed by atoms with Crippen LogP contribution < -0.4 is 0 Å². The number of halogens is 1. The maximum atomic E-state index is 6.05. The Labute approximate surface area is 123 Å². The summed E-state index contributed by atoms with van der Waals surface area (Å²) in [5.74, 6) is 1.31. The molecule has 0 spiro atoms. The minimum Gasteiger partial charge on any atom is -0.322 e. The molecule has 0 saturated carbocycles. The molecule has 0 aliphatic heterocycles. The van der Waals surface area contributed by atoms with Gasteiger partial charge in [0, 0.05) is 18.8 Å². The summed E-state index contributed by atoms with van der Waals surface area (Å²) in [5, 5.41) is 4.39. The topological polar surface area (TPSA) is 35.6 Å². The second-order valence-corrected chi connectivity index (χ2v) is 5.42. The predicted molar refractivity (Wildman–Crippen MR) is 81.1 cm³/mol. The molecule has 0 bridgehead atoms. The van der Waals surface area contributed by atoms with E-state index >= 15 is 0 Å². The maximum absolute atomic E-state index is 6.05. The van der Waals surface area contributed by atoms with Crippen LogP contribution in [0.1, 0.15) is 22.6 Å². The Morgan fingerprint density at radius 1 is 1.25 bits per heavy atom. The van der Waals surface area contributed by atoms with Crippen LogP contribution in [0.2, 0.25) is 0 Å². The van der Waals surface area contributed by atoms with Crippen molar-refractivity contribution in [2.45, 2.75) is 26.3 Å². The molecular formula is C15H17ClN4. The number of alkyl halides is 1. The zero-order valence-electron chi connectivity index (χ0n) is 11.9. The largest absolute Gasteiger partial charge is 0.322 e. The number of nitrogens with zero attached hydrogens (tertiary/aromatic N) is 4. The SMILES string of the molecule is Cc1ccc2nc(CCl)n(Cc3cn(C)nc3C)c2c1. The molecule has 2 heterocycles. The third kappa shape index (κ3) is 2.20. The molecule has 104 valence electrons. The molecular weight excluding hydrogens is 272 g/mol. The summed E-state index contributed by atoms with van der Waals surface area (Å²) in [7, 11) is 1.94. The monoisotopic (exact) mass is 288 g/mol. The lowest BCUT2D eigenvalue weighted by atomic mass is 10.2. The molecule has 1 aromatic carbocycles. The Hall–Kier alpha value is -1.81. The van der Waals surface area contributed by atoms with Crippen LogP contribution in [0.5, 0.6) is 0 Å². The first kappa shape index (κ1) is 13.2. The van der Waals surface area contributed by atoms with E-state index in [4.69, 9.17) is 11.6 Å². The van der Waals surface area contributed by atoms with Gasteiger partial charge in [-0.1, -0.05) is 6.07 Å². The van der Waals surface area contributed by atoms with E-state index in [-0.39, 0.29) is 0 Å². The van der Waals surface area contributed by atoms with Crippen molar-refractivity contribution in [2.24, 2.45) is 7.05 Å². The molecule has 0 fully saturated rings. The summed E-state index contributed by atoms with van der Waals surface area (Å²) < 4.78 is 4.02. The summed E-state index contributed by atoms with van der Waals surface area (Å²) in [6, 6.07) is 6.28. The number of rotatable bonds is 3. The molecule has 3 rings (SSSR count). The highest BCUT2D eigenvalue weighted by molar-refractivity contribution is 6.16. The van der Waals surface area contributed by atoms with Gasteiger partial charge in [-0.15, -0.1) is 11.6 Å². The zero-order valence-corrected chi connectivity index (χ0v) is 12.6. The molecule has 0 unspecified atom stereocenters. The third-order valence-electron chi connectivity index (χ3n) is 3.55. The Bertz CT molecular complexity index is 770. The number of fused-ring (bicyclic) bond motifs is 1. The molecule has 0 saturated heterocycles. The Kier molecular flexibility index (Phi) is 3.26. The molecule has 0 radical (unpaired) electrons. The molecule has 2 aromatic heterocycles. The summed E-state index contributed by atoms with van der Waals surface area (Å²) in [5.41, 5.74) is 5.58. The number of hydrogen-bond acceptors (Lipinski definition) is 2. The fraction of sp³-hybridized carbons (Fsp3) is 0.333. The van der Waals surface area contributed by atoms with Crippen molar-refractivity contribution in [3.63, 3.8) is 0 Å². The third-order valence-corrected chi connectivity index (χ3v) is 3.78. The number of hydrogen-bond donors (Lipinski definition) is 0. The van der Waals surface area contributed by atoms with Gasteiger partial charge in [0.2, 0.25) is 0 Å². The smallest absolute Gasteiger partial charge is 0.125 e. The predicted octanol–water partition coefficient (Wildman–Crippen LogP) is 3.17. The van der Waals surface area contributed by atoms with Gasteiger partial charge in [0.15, 0.2) is 0 Å². The minimum atomic E-state index is 0.410. The fourth-order valence-electron chi connectivity index (χ4n) is 2.54. The highest BCUT2D eigenvalue weighted by Crippen LogP contribution is 2.21. The van der Waals surface area contributed by atoms with Crippen LogP contribution >= 0.6 is 11.6 Å². The van der Waals surface area contributed by atoms with Gasteiger partial charge >= 0.3 is 0 Å². The number of imidazole rings is 1. The lowest BCUT2D eigenvalue weighted by Crippen LogP contribution is -2.04. The average Bonchev–Trinajstić information content (AvgIpc) is 2.91. The van der Waals surface area contributed by atoms with E-state index < -0.39 is 0 Å². The molecule has 0 aliphatic rings. The van der Waals surface area contributed by atoms with E-state index in [1.54, 1.807) is 0 Å². The van der Waals surface area contributed by atoms with Crippen LogP contribution in [0.4, 0.5) is 0 Å².